The molecule has 100 valence electrons. The minimum absolute atomic E-state index is 0.143. The molecule has 1 aromatic rings. The number of carbonyl (C=O) groups is 1. The number of nitrogens with two attached hydrogens (primary N) is 1. The number of rotatable bonds is 7. The SMILES string of the molecule is CCCCCNS(=O)(=O)c1ccc(C(N)=O)cc1. The third-order valence-corrected chi connectivity index (χ3v) is 4.00. The molecule has 3 N–H and O–H groups in total. The van der Waals surface area contributed by atoms with Crippen LogP contribution >= 0.6 is 0 Å². The van der Waals surface area contributed by atoms with Gasteiger partial charge in [0.2, 0.25) is 15.9 Å². The molecule has 0 spiro atoms. The molecule has 0 aliphatic rings. The Bertz CT molecular complexity index is 495. The van der Waals surface area contributed by atoms with Crippen molar-refractivity contribution < 1.29 is 13.2 Å². The molecule has 1 aromatic carbocycles. The van der Waals surface area contributed by atoms with Crippen molar-refractivity contribution in [2.45, 2.75) is 31.1 Å². The first-order valence-electron chi connectivity index (χ1n) is 5.87. The molecule has 0 atom stereocenters. The van der Waals surface area contributed by atoms with Crippen LogP contribution in [0.4, 0.5) is 0 Å². The van der Waals surface area contributed by atoms with Gasteiger partial charge in [-0.3, -0.25) is 4.79 Å². The Morgan fingerprint density at radius 2 is 1.83 bits per heavy atom. The van der Waals surface area contributed by atoms with Crippen molar-refractivity contribution in [1.82, 2.24) is 4.72 Å². The summed E-state index contributed by atoms with van der Waals surface area (Å²) < 4.78 is 26.2. The van der Waals surface area contributed by atoms with Crippen molar-refractivity contribution in [3.05, 3.63) is 29.8 Å². The van der Waals surface area contributed by atoms with E-state index in [-0.39, 0.29) is 4.90 Å². The van der Waals surface area contributed by atoms with Crippen LogP contribution in [0.5, 0.6) is 0 Å². The zero-order valence-corrected chi connectivity index (χ0v) is 11.2. The van der Waals surface area contributed by atoms with Crippen molar-refractivity contribution in [2.75, 3.05) is 6.54 Å². The van der Waals surface area contributed by atoms with Crippen molar-refractivity contribution in [3.63, 3.8) is 0 Å². The number of hydrogen-bond acceptors (Lipinski definition) is 3. The minimum Gasteiger partial charge on any atom is -0.366 e. The van der Waals surface area contributed by atoms with Crippen LogP contribution in [0.2, 0.25) is 0 Å². The number of primary amides is 1. The number of amides is 1. The molecule has 0 fully saturated rings. The molecule has 0 heterocycles. The van der Waals surface area contributed by atoms with Crippen LogP contribution < -0.4 is 10.5 Å². The predicted molar refractivity (Wildman–Crippen MR) is 69.7 cm³/mol. The molecule has 0 aliphatic carbocycles. The van der Waals surface area contributed by atoms with E-state index in [2.05, 4.69) is 11.6 Å². The van der Waals surface area contributed by atoms with Gasteiger partial charge in [-0.1, -0.05) is 19.8 Å². The van der Waals surface area contributed by atoms with E-state index in [0.717, 1.165) is 19.3 Å². The van der Waals surface area contributed by atoms with Crippen molar-refractivity contribution in [2.24, 2.45) is 5.73 Å². The fourth-order valence-corrected chi connectivity index (χ4v) is 2.54. The van der Waals surface area contributed by atoms with E-state index in [4.69, 9.17) is 5.73 Å². The lowest BCUT2D eigenvalue weighted by Crippen LogP contribution is -2.24. The minimum atomic E-state index is -3.49. The molecule has 18 heavy (non-hydrogen) atoms. The summed E-state index contributed by atoms with van der Waals surface area (Å²) in [5.74, 6) is -0.574. The monoisotopic (exact) mass is 270 g/mol. The molecule has 0 saturated carbocycles. The van der Waals surface area contributed by atoms with E-state index in [9.17, 15) is 13.2 Å². The molecule has 5 nitrogen and oxygen atoms in total. The quantitative estimate of drug-likeness (QED) is 0.731. The van der Waals surface area contributed by atoms with Crippen molar-refractivity contribution in [1.29, 1.82) is 0 Å². The summed E-state index contributed by atoms with van der Waals surface area (Å²) in [5.41, 5.74) is 5.37. The van der Waals surface area contributed by atoms with Crippen LogP contribution in [0.3, 0.4) is 0 Å². The number of unbranched alkanes of at least 4 members (excludes halogenated alkanes) is 2. The van der Waals surface area contributed by atoms with Gasteiger partial charge in [-0.05, 0) is 30.7 Å². The molecule has 1 amide bonds. The second-order valence-electron chi connectivity index (χ2n) is 3.99. The van der Waals surface area contributed by atoms with Gasteiger partial charge in [-0.2, -0.15) is 0 Å². The number of nitrogens with one attached hydrogen (secondary N) is 1. The third kappa shape index (κ3) is 4.12. The fraction of sp³-hybridized carbons (Fsp3) is 0.417. The Morgan fingerprint density at radius 1 is 1.22 bits per heavy atom. The fourth-order valence-electron chi connectivity index (χ4n) is 1.46. The molecule has 0 aromatic heterocycles. The predicted octanol–water partition coefficient (Wildman–Crippen LogP) is 1.25. The van der Waals surface area contributed by atoms with Gasteiger partial charge >= 0.3 is 0 Å². The maximum absolute atomic E-state index is 11.8. The lowest BCUT2D eigenvalue weighted by molar-refractivity contribution is 0.1000. The van der Waals surface area contributed by atoms with Gasteiger partial charge in [0, 0.05) is 12.1 Å². The normalized spacial score (nSPS) is 11.4. The Balaban J connectivity index is 2.70. The third-order valence-electron chi connectivity index (χ3n) is 2.52. The average molecular weight is 270 g/mol. The Morgan fingerprint density at radius 3 is 2.33 bits per heavy atom. The summed E-state index contributed by atoms with van der Waals surface area (Å²) >= 11 is 0. The van der Waals surface area contributed by atoms with Gasteiger partial charge in [0.15, 0.2) is 0 Å². The highest BCUT2D eigenvalue weighted by atomic mass is 32.2. The first kappa shape index (κ1) is 14.7. The van der Waals surface area contributed by atoms with Gasteiger partial charge < -0.3 is 5.73 Å². The average Bonchev–Trinajstić information content (AvgIpc) is 2.35. The topological polar surface area (TPSA) is 89.3 Å². The zero-order valence-electron chi connectivity index (χ0n) is 10.3. The van der Waals surface area contributed by atoms with Crippen molar-refractivity contribution in [3.8, 4) is 0 Å². The Labute approximate surface area is 107 Å². The highest BCUT2D eigenvalue weighted by Gasteiger charge is 2.13. The summed E-state index contributed by atoms with van der Waals surface area (Å²) in [5, 5.41) is 0. The van der Waals surface area contributed by atoms with Gasteiger partial charge in [0.1, 0.15) is 0 Å². The van der Waals surface area contributed by atoms with Gasteiger partial charge in [-0.15, -0.1) is 0 Å². The van der Waals surface area contributed by atoms with Crippen LogP contribution in [0.25, 0.3) is 0 Å². The van der Waals surface area contributed by atoms with Crippen LogP contribution in [0, 0.1) is 0 Å². The molecule has 1 rings (SSSR count). The largest absolute Gasteiger partial charge is 0.366 e. The van der Waals surface area contributed by atoms with E-state index < -0.39 is 15.9 Å². The second kappa shape index (κ2) is 6.51. The summed E-state index contributed by atoms with van der Waals surface area (Å²) in [4.78, 5) is 11.0. The van der Waals surface area contributed by atoms with E-state index in [1.165, 1.54) is 24.3 Å². The van der Waals surface area contributed by atoms with E-state index in [0.29, 0.717) is 12.1 Å². The van der Waals surface area contributed by atoms with E-state index in [1.807, 2.05) is 0 Å². The molecular formula is C12H18N2O3S. The van der Waals surface area contributed by atoms with E-state index >= 15 is 0 Å². The first-order chi connectivity index (χ1) is 8.47. The van der Waals surface area contributed by atoms with E-state index in [1.54, 1.807) is 0 Å². The lowest BCUT2D eigenvalue weighted by Gasteiger charge is -2.06. The summed E-state index contributed by atoms with van der Waals surface area (Å²) in [6.45, 7) is 2.48. The Kier molecular flexibility index (Phi) is 5.30. The molecular weight excluding hydrogens is 252 g/mol. The van der Waals surface area contributed by atoms with Gasteiger partial charge in [0.25, 0.3) is 0 Å². The second-order valence-corrected chi connectivity index (χ2v) is 5.76. The summed E-state index contributed by atoms with van der Waals surface area (Å²) in [6.07, 6.45) is 2.84. The molecule has 0 bridgehead atoms. The van der Waals surface area contributed by atoms with Crippen LogP contribution in [-0.4, -0.2) is 20.9 Å². The summed E-state index contributed by atoms with van der Waals surface area (Å²) in [7, 11) is -3.49. The van der Waals surface area contributed by atoms with Gasteiger partial charge in [0.05, 0.1) is 4.90 Å². The number of hydrogen-bond donors (Lipinski definition) is 2. The molecule has 0 radical (unpaired) electrons. The maximum Gasteiger partial charge on any atom is 0.248 e. The van der Waals surface area contributed by atoms with Crippen LogP contribution in [-0.2, 0) is 10.0 Å². The zero-order chi connectivity index (χ0) is 13.6. The van der Waals surface area contributed by atoms with Gasteiger partial charge in [-0.25, -0.2) is 13.1 Å². The first-order valence-corrected chi connectivity index (χ1v) is 7.35. The number of benzene rings is 1. The molecule has 0 unspecified atom stereocenters. The van der Waals surface area contributed by atoms with Crippen LogP contribution in [0.15, 0.2) is 29.2 Å². The molecule has 0 saturated heterocycles. The number of sulfonamides is 1. The lowest BCUT2D eigenvalue weighted by atomic mass is 10.2. The number of carbonyl (C=O) groups excluding carboxylic acids is 1. The highest BCUT2D eigenvalue weighted by molar-refractivity contribution is 7.89. The molecule has 6 heteroatoms. The van der Waals surface area contributed by atoms with Crippen LogP contribution in [0.1, 0.15) is 36.5 Å². The highest BCUT2D eigenvalue weighted by Crippen LogP contribution is 2.10. The smallest absolute Gasteiger partial charge is 0.248 e. The standard InChI is InChI=1S/C12H18N2O3S/c1-2-3-4-9-14-18(16,17)11-7-5-10(6-8-11)12(13)15/h5-8,14H,2-4,9H2,1H3,(H2,13,15). The molecule has 0 aliphatic heterocycles. The maximum atomic E-state index is 11.8. The summed E-state index contributed by atoms with van der Waals surface area (Å²) in [6, 6.07) is 5.57. The van der Waals surface area contributed by atoms with Crippen molar-refractivity contribution >= 4 is 15.9 Å². The Hall–Kier alpha value is -1.40.